The first-order valence-electron chi connectivity index (χ1n) is 9.27. The van der Waals surface area contributed by atoms with Crippen LogP contribution in [0.4, 0.5) is 0 Å². The molecule has 0 aliphatic rings. The van der Waals surface area contributed by atoms with Crippen LogP contribution >= 0.6 is 0 Å². The fraction of sp³-hybridized carbons (Fsp3) is 0.125. The molecule has 0 saturated heterocycles. The standard InChI is InChI=1S/C24H20O5/c1-26-18-7-9-19(10-8-18)29-23-16-28-22-15-20(11-12-21(22)24(23)25)27-14-13-17-5-3-2-4-6-17/h2-12,15-16H,13-14H2,1H3. The molecule has 0 N–H and O–H groups in total. The fourth-order valence-corrected chi connectivity index (χ4v) is 2.95. The average molecular weight is 388 g/mol. The summed E-state index contributed by atoms with van der Waals surface area (Å²) in [6.45, 7) is 0.540. The van der Waals surface area contributed by atoms with E-state index < -0.39 is 0 Å². The molecule has 3 aromatic carbocycles. The number of hydrogen-bond donors (Lipinski definition) is 0. The van der Waals surface area contributed by atoms with Crippen LogP contribution in [0.1, 0.15) is 5.56 Å². The Bertz CT molecular complexity index is 1150. The quantitative estimate of drug-likeness (QED) is 0.435. The molecule has 0 radical (unpaired) electrons. The minimum atomic E-state index is -0.238. The van der Waals surface area contributed by atoms with Crippen LogP contribution in [0.25, 0.3) is 11.0 Å². The van der Waals surface area contributed by atoms with Gasteiger partial charge in [-0.15, -0.1) is 0 Å². The summed E-state index contributed by atoms with van der Waals surface area (Å²) in [6.07, 6.45) is 2.13. The lowest BCUT2D eigenvalue weighted by Crippen LogP contribution is -2.05. The lowest BCUT2D eigenvalue weighted by atomic mass is 10.2. The molecule has 1 heterocycles. The molecule has 0 unspecified atom stereocenters. The summed E-state index contributed by atoms with van der Waals surface area (Å²) in [5.74, 6) is 2.02. The Balaban J connectivity index is 1.48. The van der Waals surface area contributed by atoms with Crippen molar-refractivity contribution in [2.75, 3.05) is 13.7 Å². The molecular formula is C24H20O5. The van der Waals surface area contributed by atoms with Crippen molar-refractivity contribution in [2.45, 2.75) is 6.42 Å². The summed E-state index contributed by atoms with van der Waals surface area (Å²) < 4.78 is 22.2. The third kappa shape index (κ3) is 4.41. The van der Waals surface area contributed by atoms with Crippen molar-refractivity contribution in [3.63, 3.8) is 0 Å². The molecule has 0 atom stereocenters. The van der Waals surface area contributed by atoms with Crippen LogP contribution in [0, 0.1) is 0 Å². The van der Waals surface area contributed by atoms with Gasteiger partial charge in [0, 0.05) is 12.5 Å². The highest BCUT2D eigenvalue weighted by atomic mass is 16.5. The molecule has 0 amide bonds. The van der Waals surface area contributed by atoms with Gasteiger partial charge < -0.3 is 18.6 Å². The highest BCUT2D eigenvalue weighted by Gasteiger charge is 2.10. The Kier molecular flexibility index (Phi) is 5.47. The van der Waals surface area contributed by atoms with Crippen molar-refractivity contribution < 1.29 is 18.6 Å². The van der Waals surface area contributed by atoms with E-state index in [0.29, 0.717) is 34.8 Å². The van der Waals surface area contributed by atoms with Gasteiger partial charge in [-0.3, -0.25) is 4.79 Å². The van der Waals surface area contributed by atoms with E-state index >= 15 is 0 Å². The summed E-state index contributed by atoms with van der Waals surface area (Å²) in [6, 6.07) is 22.3. The second kappa shape index (κ2) is 8.52. The maximum Gasteiger partial charge on any atom is 0.235 e. The Morgan fingerprint density at radius 1 is 0.862 bits per heavy atom. The molecule has 4 aromatic rings. The SMILES string of the molecule is COc1ccc(Oc2coc3cc(OCCc4ccccc4)ccc3c2=O)cc1. The molecule has 0 aliphatic carbocycles. The number of rotatable bonds is 7. The van der Waals surface area contributed by atoms with E-state index in [0.717, 1.165) is 6.42 Å². The van der Waals surface area contributed by atoms with Gasteiger partial charge in [0.05, 0.1) is 19.1 Å². The van der Waals surface area contributed by atoms with E-state index in [1.165, 1.54) is 11.8 Å². The van der Waals surface area contributed by atoms with Gasteiger partial charge in [0.1, 0.15) is 29.1 Å². The average Bonchev–Trinajstić information content (AvgIpc) is 2.77. The topological polar surface area (TPSA) is 57.9 Å². The molecule has 5 heteroatoms. The van der Waals surface area contributed by atoms with E-state index in [-0.39, 0.29) is 11.2 Å². The van der Waals surface area contributed by atoms with Gasteiger partial charge in [0.25, 0.3) is 0 Å². The molecule has 0 aliphatic heterocycles. The van der Waals surface area contributed by atoms with Gasteiger partial charge in [-0.1, -0.05) is 30.3 Å². The van der Waals surface area contributed by atoms with Crippen LogP contribution in [0.5, 0.6) is 23.0 Å². The summed E-state index contributed by atoms with van der Waals surface area (Å²) in [7, 11) is 1.59. The van der Waals surface area contributed by atoms with E-state index in [2.05, 4.69) is 12.1 Å². The second-order valence-electron chi connectivity index (χ2n) is 6.45. The molecule has 5 nitrogen and oxygen atoms in total. The zero-order chi connectivity index (χ0) is 20.1. The van der Waals surface area contributed by atoms with Gasteiger partial charge >= 0.3 is 0 Å². The number of hydrogen-bond acceptors (Lipinski definition) is 5. The first kappa shape index (κ1) is 18.6. The third-order valence-corrected chi connectivity index (χ3v) is 4.50. The smallest absolute Gasteiger partial charge is 0.235 e. The van der Waals surface area contributed by atoms with E-state index in [1.54, 1.807) is 49.6 Å². The summed E-state index contributed by atoms with van der Waals surface area (Å²) in [5, 5.41) is 0.437. The van der Waals surface area contributed by atoms with E-state index in [9.17, 15) is 4.79 Å². The van der Waals surface area contributed by atoms with Crippen LogP contribution < -0.4 is 19.6 Å². The predicted octanol–water partition coefficient (Wildman–Crippen LogP) is 5.22. The molecule has 1 aromatic heterocycles. The van der Waals surface area contributed by atoms with Crippen molar-refractivity contribution in [1.29, 1.82) is 0 Å². The fourth-order valence-electron chi connectivity index (χ4n) is 2.95. The maximum absolute atomic E-state index is 12.7. The lowest BCUT2D eigenvalue weighted by Gasteiger charge is -2.08. The first-order valence-corrected chi connectivity index (χ1v) is 9.27. The minimum absolute atomic E-state index is 0.125. The van der Waals surface area contributed by atoms with Gasteiger partial charge in [-0.2, -0.15) is 0 Å². The third-order valence-electron chi connectivity index (χ3n) is 4.50. The molecule has 0 bridgehead atoms. The van der Waals surface area contributed by atoms with Crippen molar-refractivity contribution in [2.24, 2.45) is 0 Å². The van der Waals surface area contributed by atoms with Crippen molar-refractivity contribution in [3.05, 3.63) is 94.8 Å². The highest BCUT2D eigenvalue weighted by Crippen LogP contribution is 2.25. The molecule has 0 saturated carbocycles. The zero-order valence-electron chi connectivity index (χ0n) is 16.0. The Morgan fingerprint density at radius 3 is 2.34 bits per heavy atom. The first-order chi connectivity index (χ1) is 14.2. The Hall–Kier alpha value is -3.73. The van der Waals surface area contributed by atoms with Crippen LogP contribution in [0.3, 0.4) is 0 Å². The summed E-state index contributed by atoms with van der Waals surface area (Å²) in [5.41, 5.74) is 1.42. The van der Waals surface area contributed by atoms with Crippen molar-refractivity contribution >= 4 is 11.0 Å². The lowest BCUT2D eigenvalue weighted by molar-refractivity contribution is 0.322. The number of ether oxygens (including phenoxy) is 3. The summed E-state index contributed by atoms with van der Waals surface area (Å²) >= 11 is 0. The van der Waals surface area contributed by atoms with Crippen molar-refractivity contribution in [1.82, 2.24) is 0 Å². The van der Waals surface area contributed by atoms with E-state index in [1.807, 2.05) is 18.2 Å². The van der Waals surface area contributed by atoms with Gasteiger partial charge in [0.2, 0.25) is 11.2 Å². The predicted molar refractivity (Wildman–Crippen MR) is 111 cm³/mol. The molecule has 0 spiro atoms. The largest absolute Gasteiger partial charge is 0.497 e. The van der Waals surface area contributed by atoms with E-state index in [4.69, 9.17) is 18.6 Å². The molecule has 4 rings (SSSR count). The molecule has 29 heavy (non-hydrogen) atoms. The van der Waals surface area contributed by atoms with Gasteiger partial charge in [-0.05, 0) is 42.0 Å². The monoisotopic (exact) mass is 388 g/mol. The normalized spacial score (nSPS) is 10.7. The number of benzene rings is 3. The van der Waals surface area contributed by atoms with Gasteiger partial charge in [0.15, 0.2) is 0 Å². The minimum Gasteiger partial charge on any atom is -0.497 e. The molecule has 0 fully saturated rings. The Morgan fingerprint density at radius 2 is 1.59 bits per heavy atom. The number of methoxy groups -OCH3 is 1. The summed E-state index contributed by atoms with van der Waals surface area (Å²) in [4.78, 5) is 12.7. The zero-order valence-corrected chi connectivity index (χ0v) is 16.0. The van der Waals surface area contributed by atoms with Crippen LogP contribution in [-0.4, -0.2) is 13.7 Å². The number of fused-ring (bicyclic) bond motifs is 1. The van der Waals surface area contributed by atoms with Crippen LogP contribution in [0.2, 0.25) is 0 Å². The Labute approximate surface area is 168 Å². The highest BCUT2D eigenvalue weighted by molar-refractivity contribution is 5.79. The maximum atomic E-state index is 12.7. The van der Waals surface area contributed by atoms with Crippen LogP contribution in [0.15, 0.2) is 88.3 Å². The van der Waals surface area contributed by atoms with Crippen molar-refractivity contribution in [3.8, 4) is 23.0 Å². The molecule has 146 valence electrons. The van der Waals surface area contributed by atoms with Gasteiger partial charge in [-0.25, -0.2) is 0 Å². The van der Waals surface area contributed by atoms with Crippen LogP contribution in [-0.2, 0) is 6.42 Å². The molecular weight excluding hydrogens is 368 g/mol. The second-order valence-corrected chi connectivity index (χ2v) is 6.45.